The minimum Gasteiger partial charge on any atom is -0.373 e. The van der Waals surface area contributed by atoms with Crippen LogP contribution in [0.25, 0.3) is 0 Å². The van der Waals surface area contributed by atoms with Crippen molar-refractivity contribution in [2.75, 3.05) is 13.2 Å². The molecular formula is C54H85N4O11P. The number of ether oxygens (including phenoxy) is 1. The van der Waals surface area contributed by atoms with Gasteiger partial charge in [0.15, 0.2) is 17.3 Å². The molecule has 392 valence electrons. The Kier molecular flexibility index (Phi) is 26.9. The van der Waals surface area contributed by atoms with Gasteiger partial charge in [0.25, 0.3) is 0 Å². The lowest BCUT2D eigenvalue weighted by molar-refractivity contribution is -0.139. The van der Waals surface area contributed by atoms with Crippen LogP contribution < -0.4 is 16.0 Å². The van der Waals surface area contributed by atoms with Crippen molar-refractivity contribution >= 4 is 55.4 Å². The monoisotopic (exact) mass is 997 g/mol. The fraction of sp³-hybridized carbons (Fsp3) is 0.741. The molecule has 0 spiro atoms. The van der Waals surface area contributed by atoms with Gasteiger partial charge in [-0.2, -0.15) is 0 Å². The van der Waals surface area contributed by atoms with Gasteiger partial charge in [-0.25, -0.2) is 4.57 Å². The molecule has 2 aliphatic heterocycles. The number of ketones is 4. The molecule has 2 fully saturated rings. The predicted octanol–water partition coefficient (Wildman–Crippen LogP) is 8.57. The number of Topliss-reactive ketones (excluding diaryl/α,β-unsaturated/α-hetero) is 4. The summed E-state index contributed by atoms with van der Waals surface area (Å²) in [6.07, 6.45) is 9.31. The first kappa shape index (κ1) is 60.1. The van der Waals surface area contributed by atoms with Gasteiger partial charge in [0, 0.05) is 51.0 Å². The van der Waals surface area contributed by atoms with E-state index in [4.69, 9.17) is 9.26 Å². The second kappa shape index (κ2) is 31.3. The minimum atomic E-state index is -1.31. The molecular weight excluding hydrogens is 912 g/mol. The van der Waals surface area contributed by atoms with Gasteiger partial charge in [0.05, 0.1) is 36.3 Å². The van der Waals surface area contributed by atoms with E-state index in [2.05, 4.69) is 40.2 Å². The SMILES string of the molecule is CCC(=O)C1CCCCCC(=O)[C@@H](CCCCCCCCc2ccccc2)C[C@H](CC(=O)[C@H](CC(C)C)NC(=O)[C@@H]2CCCN2C(C)=O)C(=O)N[C@@H](COC(C)(C)C)C(=O)C[C@@H]([C@@H](C)OP=O)C(=O)N1. The quantitative estimate of drug-likeness (QED) is 0.0698. The summed E-state index contributed by atoms with van der Waals surface area (Å²) in [6.45, 7) is 14.0. The summed E-state index contributed by atoms with van der Waals surface area (Å²) in [4.78, 5) is 113. The van der Waals surface area contributed by atoms with Crippen LogP contribution in [0.15, 0.2) is 30.3 Å². The van der Waals surface area contributed by atoms with Crippen LogP contribution in [-0.4, -0.2) is 101 Å². The van der Waals surface area contributed by atoms with Crippen LogP contribution in [0.4, 0.5) is 0 Å². The van der Waals surface area contributed by atoms with Gasteiger partial charge in [-0.1, -0.05) is 96.0 Å². The number of carbonyl (C=O) groups excluding carboxylic acids is 8. The third kappa shape index (κ3) is 21.7. The molecule has 0 aromatic heterocycles. The first-order valence-electron chi connectivity index (χ1n) is 26.2. The number of likely N-dealkylation sites (tertiary alicyclic amines) is 1. The topological polar surface area (TPSA) is 211 Å². The van der Waals surface area contributed by atoms with Crippen molar-refractivity contribution in [3.63, 3.8) is 0 Å². The van der Waals surface area contributed by atoms with Crippen molar-refractivity contribution < 1.29 is 52.2 Å². The summed E-state index contributed by atoms with van der Waals surface area (Å²) in [7, 11) is -0.712. The summed E-state index contributed by atoms with van der Waals surface area (Å²) < 4.78 is 23.0. The first-order valence-corrected chi connectivity index (χ1v) is 26.9. The Labute approximate surface area is 419 Å². The summed E-state index contributed by atoms with van der Waals surface area (Å²) in [5.74, 6) is -6.05. The van der Waals surface area contributed by atoms with Crippen molar-refractivity contribution in [3.8, 4) is 0 Å². The molecule has 8 atom stereocenters. The summed E-state index contributed by atoms with van der Waals surface area (Å²) in [6, 6.07) is 6.54. The smallest absolute Gasteiger partial charge is 0.327 e. The normalized spacial score (nSPS) is 23.5. The van der Waals surface area contributed by atoms with E-state index >= 15 is 0 Å². The van der Waals surface area contributed by atoms with Crippen LogP contribution >= 0.6 is 8.69 Å². The third-order valence-electron chi connectivity index (χ3n) is 13.7. The maximum Gasteiger partial charge on any atom is 0.327 e. The number of unbranched alkanes of at least 4 members (excludes halogenated alkanes) is 5. The largest absolute Gasteiger partial charge is 0.373 e. The molecule has 16 heteroatoms. The Bertz CT molecular complexity index is 1870. The van der Waals surface area contributed by atoms with Crippen molar-refractivity contribution in [3.05, 3.63) is 35.9 Å². The molecule has 1 aromatic rings. The maximum atomic E-state index is 14.9. The molecule has 0 aliphatic carbocycles. The molecule has 3 N–H and O–H groups in total. The average molecular weight is 997 g/mol. The number of hydrogen-bond donors (Lipinski definition) is 3. The van der Waals surface area contributed by atoms with Crippen LogP contribution in [-0.2, 0) is 58.6 Å². The molecule has 1 unspecified atom stereocenters. The number of benzene rings is 1. The summed E-state index contributed by atoms with van der Waals surface area (Å²) >= 11 is 0. The van der Waals surface area contributed by atoms with Crippen LogP contribution in [0.3, 0.4) is 0 Å². The van der Waals surface area contributed by atoms with Crippen molar-refractivity contribution in [1.82, 2.24) is 20.9 Å². The molecule has 70 heavy (non-hydrogen) atoms. The van der Waals surface area contributed by atoms with Crippen LogP contribution in [0.5, 0.6) is 0 Å². The van der Waals surface area contributed by atoms with Gasteiger partial charge in [-0.05, 0) is 97.0 Å². The predicted molar refractivity (Wildman–Crippen MR) is 270 cm³/mol. The zero-order valence-electron chi connectivity index (χ0n) is 43.5. The molecule has 0 radical (unpaired) electrons. The fourth-order valence-corrected chi connectivity index (χ4v) is 9.88. The zero-order valence-corrected chi connectivity index (χ0v) is 44.4. The van der Waals surface area contributed by atoms with E-state index in [0.717, 1.165) is 44.9 Å². The van der Waals surface area contributed by atoms with E-state index in [9.17, 15) is 42.9 Å². The Morgan fingerprint density at radius 1 is 0.843 bits per heavy atom. The molecule has 0 saturated carbocycles. The first-order chi connectivity index (χ1) is 33.2. The number of nitrogens with one attached hydrogen (secondary N) is 3. The van der Waals surface area contributed by atoms with Crippen LogP contribution in [0.1, 0.15) is 183 Å². The van der Waals surface area contributed by atoms with E-state index in [1.807, 2.05) is 19.9 Å². The lowest BCUT2D eigenvalue weighted by Crippen LogP contribution is -2.52. The van der Waals surface area contributed by atoms with Gasteiger partial charge in [-0.15, -0.1) is 0 Å². The van der Waals surface area contributed by atoms with Gasteiger partial charge < -0.3 is 25.6 Å². The fourth-order valence-electron chi connectivity index (χ4n) is 9.60. The Balaban J connectivity index is 2.02. The highest BCUT2D eigenvalue weighted by Crippen LogP contribution is 2.28. The molecule has 15 nitrogen and oxygen atoms in total. The van der Waals surface area contributed by atoms with Crippen LogP contribution in [0.2, 0.25) is 0 Å². The van der Waals surface area contributed by atoms with Gasteiger partial charge in [0.2, 0.25) is 23.6 Å². The number of nitrogens with zero attached hydrogens (tertiary/aromatic N) is 1. The summed E-state index contributed by atoms with van der Waals surface area (Å²) in [5, 5.41) is 8.62. The number of hydrogen-bond acceptors (Lipinski definition) is 11. The zero-order chi connectivity index (χ0) is 51.8. The Morgan fingerprint density at radius 3 is 2.17 bits per heavy atom. The van der Waals surface area contributed by atoms with Crippen LogP contribution in [0, 0.1) is 23.7 Å². The standard InChI is InChI=1S/C54H85N4O11P/c1-9-47(60)43-27-20-15-21-29-48(61)40(26-19-13-11-10-12-16-23-39-24-17-14-18-25-39)32-41(33-49(62)44(31-36(2)3)56-53(66)46-28-22-30-58(46)38(5)59)51(64)57-45(35-68-54(6,7)8)50(63)34-42(52(65)55-43)37(4)69-70-67/h14,17-18,24-25,36-37,40-46H,9-13,15-16,19-23,26-35H2,1-8H3,(H,55,65)(H,56,66)(H,57,64)/t37-,40+,41-,42+,43?,44+,45+,46+/m1/s1. The molecule has 0 bridgehead atoms. The number of carbonyl (C=O) groups is 8. The molecule has 2 heterocycles. The highest BCUT2D eigenvalue weighted by atomic mass is 31.1. The number of rotatable bonds is 23. The maximum absolute atomic E-state index is 14.9. The lowest BCUT2D eigenvalue weighted by atomic mass is 9.81. The Hall–Kier alpha value is -4.20. The van der Waals surface area contributed by atoms with Gasteiger partial charge in [0.1, 0.15) is 17.9 Å². The lowest BCUT2D eigenvalue weighted by Gasteiger charge is -2.30. The van der Waals surface area contributed by atoms with E-state index in [-0.39, 0.29) is 62.1 Å². The van der Waals surface area contributed by atoms with E-state index in [1.54, 1.807) is 27.7 Å². The van der Waals surface area contributed by atoms with Crippen molar-refractivity contribution in [2.24, 2.45) is 23.7 Å². The molecule has 4 amide bonds. The Morgan fingerprint density at radius 2 is 1.53 bits per heavy atom. The van der Waals surface area contributed by atoms with Crippen molar-refractivity contribution in [2.45, 2.75) is 220 Å². The van der Waals surface area contributed by atoms with Gasteiger partial charge in [-0.3, -0.25) is 42.9 Å². The van der Waals surface area contributed by atoms with E-state index < -0.39 is 98.0 Å². The molecule has 2 aliphatic rings. The highest BCUT2D eigenvalue weighted by molar-refractivity contribution is 7.17. The summed E-state index contributed by atoms with van der Waals surface area (Å²) in [5.41, 5.74) is 0.561. The minimum absolute atomic E-state index is 0.0283. The van der Waals surface area contributed by atoms with E-state index in [1.165, 1.54) is 24.3 Å². The molecule has 3 rings (SSSR count). The van der Waals surface area contributed by atoms with Gasteiger partial charge >= 0.3 is 8.69 Å². The second-order valence-corrected chi connectivity index (χ2v) is 21.5. The third-order valence-corrected chi connectivity index (χ3v) is 14.1. The molecule has 1 aromatic carbocycles. The molecule has 2 saturated heterocycles. The second-order valence-electron chi connectivity index (χ2n) is 21.1. The highest BCUT2D eigenvalue weighted by Gasteiger charge is 2.39. The van der Waals surface area contributed by atoms with E-state index in [0.29, 0.717) is 51.5 Å². The number of amides is 4. The average Bonchev–Trinajstić information content (AvgIpc) is 3.82. The van der Waals surface area contributed by atoms with Crippen molar-refractivity contribution in [1.29, 1.82) is 0 Å². The number of aryl methyl sites for hydroxylation is 1.